The SMILES string of the molecule is CC[C@H]1OC(=O)[C@H](C)[C@@H](C2C[C@@](C)(OC)[C@@H](O)[C@H](C)O2)[C@H](C)[C@@H](O[C@@H]2O[C@H](C)C[C@H](N(C)CCCC(=O)NCCc3ccc(F)cc3)[C@H]2O)[C@](C)(OC)C[C@@H](C)C(=O)[C@H](C)[C@@H](O)[C@]1(C)O. The molecule has 0 aromatic heterocycles. The first-order chi connectivity index (χ1) is 30.3. The van der Waals surface area contributed by atoms with Gasteiger partial charge in [-0.15, -0.1) is 0 Å². The summed E-state index contributed by atoms with van der Waals surface area (Å²) < 4.78 is 51.7. The highest BCUT2D eigenvalue weighted by Gasteiger charge is 2.56. The molecular formula is C49H81FN2O13. The van der Waals surface area contributed by atoms with Gasteiger partial charge in [-0.05, 0) is 104 Å². The molecule has 3 aliphatic heterocycles. The molecule has 1 unspecified atom stereocenters. The molecule has 3 saturated heterocycles. The molecule has 0 aliphatic carbocycles. The van der Waals surface area contributed by atoms with Crippen LogP contribution < -0.4 is 5.32 Å². The zero-order valence-corrected chi connectivity index (χ0v) is 41.1. The van der Waals surface area contributed by atoms with Crippen molar-refractivity contribution < 1.29 is 67.6 Å². The number of likely N-dealkylation sites (N-methyl/N-ethyl adjacent to an activating group) is 1. The van der Waals surface area contributed by atoms with E-state index in [4.69, 9.17) is 28.4 Å². The van der Waals surface area contributed by atoms with Gasteiger partial charge in [0.2, 0.25) is 5.91 Å². The lowest BCUT2D eigenvalue weighted by Gasteiger charge is -2.52. The number of amides is 1. The predicted octanol–water partition coefficient (Wildman–Crippen LogP) is 4.36. The Kier molecular flexibility index (Phi) is 19.5. The van der Waals surface area contributed by atoms with Gasteiger partial charge in [0.1, 0.15) is 35.5 Å². The number of cyclic esters (lactones) is 1. The van der Waals surface area contributed by atoms with E-state index in [0.717, 1.165) is 5.56 Å². The lowest BCUT2D eigenvalue weighted by molar-refractivity contribution is -0.305. The minimum absolute atomic E-state index is 0.0867. The fraction of sp³-hybridized carbons (Fsp3) is 0.816. The predicted molar refractivity (Wildman–Crippen MR) is 241 cm³/mol. The number of hydrogen-bond donors (Lipinski definition) is 5. The van der Waals surface area contributed by atoms with Gasteiger partial charge >= 0.3 is 5.97 Å². The van der Waals surface area contributed by atoms with E-state index in [1.165, 1.54) is 33.3 Å². The van der Waals surface area contributed by atoms with Crippen LogP contribution in [0, 0.1) is 35.4 Å². The van der Waals surface area contributed by atoms with Crippen LogP contribution in [0.25, 0.3) is 0 Å². The molecular weight excluding hydrogens is 844 g/mol. The van der Waals surface area contributed by atoms with Gasteiger partial charge in [-0.3, -0.25) is 14.4 Å². The van der Waals surface area contributed by atoms with E-state index in [-0.39, 0.29) is 49.3 Å². The smallest absolute Gasteiger partial charge is 0.309 e. The number of rotatable bonds is 14. The minimum atomic E-state index is -1.98. The Hall–Kier alpha value is -2.64. The van der Waals surface area contributed by atoms with Crippen molar-refractivity contribution in [1.82, 2.24) is 10.2 Å². The van der Waals surface area contributed by atoms with Crippen molar-refractivity contribution in [3.05, 3.63) is 35.6 Å². The Morgan fingerprint density at radius 1 is 0.923 bits per heavy atom. The fourth-order valence-corrected chi connectivity index (χ4v) is 10.8. The van der Waals surface area contributed by atoms with E-state index in [1.54, 1.807) is 53.7 Å². The molecule has 65 heavy (non-hydrogen) atoms. The zero-order valence-electron chi connectivity index (χ0n) is 41.1. The van der Waals surface area contributed by atoms with Gasteiger partial charge in [0.25, 0.3) is 0 Å². The third kappa shape index (κ3) is 12.9. The number of nitrogens with one attached hydrogen (secondary N) is 1. The molecule has 4 rings (SSSR count). The van der Waals surface area contributed by atoms with Crippen molar-refractivity contribution in [3.63, 3.8) is 0 Å². The monoisotopic (exact) mass is 925 g/mol. The van der Waals surface area contributed by atoms with Crippen molar-refractivity contribution in [3.8, 4) is 0 Å². The first-order valence-electron chi connectivity index (χ1n) is 23.6. The molecule has 18 atom stereocenters. The third-order valence-corrected chi connectivity index (χ3v) is 15.1. The summed E-state index contributed by atoms with van der Waals surface area (Å²) in [5.41, 5.74) is -3.42. The summed E-state index contributed by atoms with van der Waals surface area (Å²) in [4.78, 5) is 43.5. The number of carbonyl (C=O) groups excluding carboxylic acids is 3. The molecule has 1 aromatic carbocycles. The van der Waals surface area contributed by atoms with Crippen molar-refractivity contribution in [2.45, 2.75) is 192 Å². The van der Waals surface area contributed by atoms with E-state index in [1.807, 2.05) is 32.7 Å². The number of esters is 1. The van der Waals surface area contributed by atoms with Gasteiger partial charge in [0.05, 0.1) is 47.6 Å². The van der Waals surface area contributed by atoms with Crippen LogP contribution >= 0.6 is 0 Å². The maximum atomic E-state index is 14.5. The fourth-order valence-electron chi connectivity index (χ4n) is 10.8. The summed E-state index contributed by atoms with van der Waals surface area (Å²) in [6.45, 7) is 18.2. The summed E-state index contributed by atoms with van der Waals surface area (Å²) in [5.74, 6) is -5.53. The molecule has 0 bridgehead atoms. The van der Waals surface area contributed by atoms with Crippen molar-refractivity contribution in [1.29, 1.82) is 0 Å². The molecule has 0 saturated carbocycles. The maximum Gasteiger partial charge on any atom is 0.309 e. The van der Waals surface area contributed by atoms with Gasteiger partial charge in [0.15, 0.2) is 6.29 Å². The number of nitrogens with zero attached hydrogens (tertiary/aromatic N) is 1. The van der Waals surface area contributed by atoms with Crippen LogP contribution in [0.5, 0.6) is 0 Å². The summed E-state index contributed by atoms with van der Waals surface area (Å²) >= 11 is 0. The number of methoxy groups -OCH3 is 2. The second-order valence-corrected chi connectivity index (χ2v) is 20.1. The Morgan fingerprint density at radius 3 is 2.15 bits per heavy atom. The van der Waals surface area contributed by atoms with Crippen LogP contribution in [0.2, 0.25) is 0 Å². The zero-order chi connectivity index (χ0) is 48.8. The second-order valence-electron chi connectivity index (χ2n) is 20.1. The number of aliphatic hydroxyl groups is 4. The van der Waals surface area contributed by atoms with Crippen LogP contribution in [-0.2, 0) is 49.2 Å². The Balaban J connectivity index is 1.68. The summed E-state index contributed by atoms with van der Waals surface area (Å²) in [5, 5.41) is 49.7. The van der Waals surface area contributed by atoms with Gasteiger partial charge in [-0.25, -0.2) is 4.39 Å². The quantitative estimate of drug-likeness (QED) is 0.165. The Morgan fingerprint density at radius 2 is 1.55 bits per heavy atom. The Labute approximate surface area is 386 Å². The average molecular weight is 925 g/mol. The number of ketones is 1. The number of ether oxygens (including phenoxy) is 6. The molecule has 16 heteroatoms. The highest BCUT2D eigenvalue weighted by molar-refractivity contribution is 5.83. The molecule has 3 fully saturated rings. The molecule has 372 valence electrons. The number of halogens is 1. The molecule has 3 heterocycles. The third-order valence-electron chi connectivity index (χ3n) is 15.1. The van der Waals surface area contributed by atoms with Crippen molar-refractivity contribution >= 4 is 17.7 Å². The highest BCUT2D eigenvalue weighted by atomic mass is 19.1. The van der Waals surface area contributed by atoms with E-state index < -0.39 is 107 Å². The molecule has 15 nitrogen and oxygen atoms in total. The molecule has 3 aliphatic rings. The molecule has 5 N–H and O–H groups in total. The Bertz CT molecular complexity index is 1700. The number of hydrogen-bond acceptors (Lipinski definition) is 14. The molecule has 1 amide bonds. The topological polar surface area (TPSA) is 203 Å². The van der Waals surface area contributed by atoms with Crippen LogP contribution in [0.3, 0.4) is 0 Å². The molecule has 0 spiro atoms. The first kappa shape index (κ1) is 55.0. The van der Waals surface area contributed by atoms with Crippen molar-refractivity contribution in [2.75, 3.05) is 34.4 Å². The number of benzene rings is 1. The standard InChI is InChI=1S/C49H81FN2O13/c1-14-37-49(10,59)42(56)31(6)40(54)27(2)25-48(9,61-13)44(29(4)39(30(5)45(58)64-37)36-26-47(8,60-12)43(57)32(7)63-36)65-46-41(55)35(24-28(3)62-46)52(11)23-15-16-38(53)51-22-21-33-17-19-34(50)20-18-33/h17-20,27-32,35-37,39,41-44,46,55-57,59H,14-16,21-26H2,1-13H3,(H,51,53)/t27-,28-,29+,30-,31+,32+,35+,36?,37-,39+,41-,42-,43+,44-,46+,47-,48-,49-/m1/s1. The summed E-state index contributed by atoms with van der Waals surface area (Å²) in [6, 6.07) is 5.74. The van der Waals surface area contributed by atoms with E-state index in [0.29, 0.717) is 32.4 Å². The lowest BCUT2D eigenvalue weighted by Crippen LogP contribution is -2.62. The lowest BCUT2D eigenvalue weighted by atomic mass is 9.67. The van der Waals surface area contributed by atoms with Crippen LogP contribution in [0.4, 0.5) is 4.39 Å². The van der Waals surface area contributed by atoms with Crippen LogP contribution in [0.15, 0.2) is 24.3 Å². The van der Waals surface area contributed by atoms with E-state index in [9.17, 15) is 39.2 Å². The number of carbonyl (C=O) groups is 3. The minimum Gasteiger partial charge on any atom is -0.459 e. The largest absolute Gasteiger partial charge is 0.459 e. The van der Waals surface area contributed by atoms with Gasteiger partial charge in [-0.1, -0.05) is 46.8 Å². The van der Waals surface area contributed by atoms with E-state index in [2.05, 4.69) is 5.32 Å². The second kappa shape index (κ2) is 23.1. The van der Waals surface area contributed by atoms with Crippen LogP contribution in [0.1, 0.15) is 113 Å². The first-order valence-corrected chi connectivity index (χ1v) is 23.6. The number of aliphatic hydroxyl groups excluding tert-OH is 3. The summed E-state index contributed by atoms with van der Waals surface area (Å²) in [6.07, 6.45) is -6.67. The maximum absolute atomic E-state index is 14.5. The number of Topliss-reactive ketones (excluding diaryl/α,β-unsaturated/α-hetero) is 1. The average Bonchev–Trinajstić information content (AvgIpc) is 3.26. The van der Waals surface area contributed by atoms with E-state index >= 15 is 0 Å². The van der Waals surface area contributed by atoms with Gasteiger partial charge in [-0.2, -0.15) is 0 Å². The normalized spacial score (nSPS) is 41.4. The van der Waals surface area contributed by atoms with Crippen LogP contribution in [-0.4, -0.2) is 155 Å². The van der Waals surface area contributed by atoms with Gasteiger partial charge in [0, 0.05) is 57.4 Å². The molecule has 0 radical (unpaired) electrons. The summed E-state index contributed by atoms with van der Waals surface area (Å²) in [7, 11) is 4.91. The highest BCUT2D eigenvalue weighted by Crippen LogP contribution is 2.46. The van der Waals surface area contributed by atoms with Gasteiger partial charge < -0.3 is 59.1 Å². The molecule has 1 aromatic rings. The van der Waals surface area contributed by atoms with Crippen molar-refractivity contribution in [2.24, 2.45) is 29.6 Å².